The molecule has 76 valence electrons. The molecule has 0 aliphatic carbocycles. The number of carboxylic acid groups (broad SMARTS) is 1. The number of alkyl halides is 1. The lowest BCUT2D eigenvalue weighted by Crippen LogP contribution is -2.08. The van der Waals surface area contributed by atoms with E-state index in [1.54, 1.807) is 6.92 Å². The van der Waals surface area contributed by atoms with Crippen LogP contribution in [-0.2, 0) is 10.1 Å². The molecule has 0 aliphatic rings. The lowest BCUT2D eigenvalue weighted by atomic mass is 10.0. The molecule has 0 radical (unpaired) electrons. The van der Waals surface area contributed by atoms with Crippen molar-refractivity contribution in [1.82, 2.24) is 0 Å². The second-order valence-electron chi connectivity index (χ2n) is 3.05. The highest BCUT2D eigenvalue weighted by Gasteiger charge is 2.16. The molecule has 4 heteroatoms. The monoisotopic (exact) mass is 320 g/mol. The molecule has 0 aliphatic heterocycles. The first-order valence-electron chi connectivity index (χ1n) is 4.13. The van der Waals surface area contributed by atoms with Gasteiger partial charge in [-0.3, -0.25) is 4.79 Å². The van der Waals surface area contributed by atoms with Crippen molar-refractivity contribution in [3.05, 3.63) is 33.8 Å². The van der Waals surface area contributed by atoms with Crippen LogP contribution in [0.2, 0.25) is 0 Å². The summed E-state index contributed by atoms with van der Waals surface area (Å²) < 4.78 is 0.851. The maximum absolute atomic E-state index is 10.8. The first-order valence-corrected chi connectivity index (χ1v) is 6.04. The Morgan fingerprint density at radius 2 is 2.21 bits per heavy atom. The minimum Gasteiger partial charge on any atom is -0.481 e. The van der Waals surface area contributed by atoms with Gasteiger partial charge in [0.25, 0.3) is 0 Å². The van der Waals surface area contributed by atoms with Crippen molar-refractivity contribution in [3.63, 3.8) is 0 Å². The number of carboxylic acids is 1. The predicted molar refractivity (Wildman–Crippen MR) is 62.8 cm³/mol. The van der Waals surface area contributed by atoms with E-state index in [9.17, 15) is 4.79 Å². The lowest BCUT2D eigenvalue weighted by molar-refractivity contribution is -0.138. The summed E-state index contributed by atoms with van der Waals surface area (Å²) in [5, 5.41) is 9.63. The van der Waals surface area contributed by atoms with Crippen LogP contribution in [0.3, 0.4) is 0 Å². The molecule has 0 spiro atoms. The van der Waals surface area contributed by atoms with Crippen molar-refractivity contribution in [2.45, 2.75) is 18.2 Å². The van der Waals surface area contributed by atoms with Crippen LogP contribution in [0, 0.1) is 0 Å². The van der Waals surface area contributed by atoms with E-state index in [4.69, 9.17) is 5.11 Å². The van der Waals surface area contributed by atoms with Gasteiger partial charge in [-0.25, -0.2) is 0 Å². The normalized spacial score (nSPS) is 12.5. The van der Waals surface area contributed by atoms with Gasteiger partial charge in [0.05, 0.1) is 5.92 Å². The van der Waals surface area contributed by atoms with Crippen LogP contribution in [0.15, 0.2) is 22.7 Å². The predicted octanol–water partition coefficient (Wildman–Crippen LogP) is 3.53. The van der Waals surface area contributed by atoms with Gasteiger partial charge >= 0.3 is 5.97 Å². The number of carbonyl (C=O) groups is 1. The summed E-state index contributed by atoms with van der Waals surface area (Å²) >= 11 is 6.72. The SMILES string of the molecule is CC(C(=O)O)c1ccc(CBr)cc1Br. The summed E-state index contributed by atoms with van der Waals surface area (Å²) in [6.07, 6.45) is 0. The molecule has 0 aromatic heterocycles. The van der Waals surface area contributed by atoms with E-state index in [0.29, 0.717) is 0 Å². The summed E-state index contributed by atoms with van der Waals surface area (Å²) in [6.45, 7) is 1.68. The Labute approximate surface area is 99.6 Å². The van der Waals surface area contributed by atoms with Gasteiger partial charge in [-0.1, -0.05) is 44.0 Å². The van der Waals surface area contributed by atoms with Crippen LogP contribution in [0.25, 0.3) is 0 Å². The Morgan fingerprint density at radius 1 is 1.57 bits per heavy atom. The fraction of sp³-hybridized carbons (Fsp3) is 0.300. The van der Waals surface area contributed by atoms with Crippen molar-refractivity contribution in [2.75, 3.05) is 0 Å². The zero-order chi connectivity index (χ0) is 10.7. The summed E-state index contributed by atoms with van der Waals surface area (Å²) in [4.78, 5) is 10.8. The Hall–Kier alpha value is -0.350. The van der Waals surface area contributed by atoms with Gasteiger partial charge in [-0.2, -0.15) is 0 Å². The number of benzene rings is 1. The highest BCUT2D eigenvalue weighted by Crippen LogP contribution is 2.26. The van der Waals surface area contributed by atoms with Gasteiger partial charge in [0.2, 0.25) is 0 Å². The van der Waals surface area contributed by atoms with Crippen LogP contribution >= 0.6 is 31.9 Å². The molecule has 0 saturated carbocycles. The zero-order valence-electron chi connectivity index (χ0n) is 7.63. The molecular weight excluding hydrogens is 312 g/mol. The van der Waals surface area contributed by atoms with Crippen molar-refractivity contribution in [1.29, 1.82) is 0 Å². The quantitative estimate of drug-likeness (QED) is 0.865. The van der Waals surface area contributed by atoms with Crippen LogP contribution < -0.4 is 0 Å². The Balaban J connectivity index is 3.05. The van der Waals surface area contributed by atoms with Crippen molar-refractivity contribution in [2.24, 2.45) is 0 Å². The number of aliphatic carboxylic acids is 1. The molecule has 1 aromatic rings. The molecule has 2 nitrogen and oxygen atoms in total. The van der Waals surface area contributed by atoms with Crippen molar-refractivity contribution >= 4 is 37.8 Å². The van der Waals surface area contributed by atoms with Crippen LogP contribution in [0.5, 0.6) is 0 Å². The maximum Gasteiger partial charge on any atom is 0.310 e. The molecule has 0 fully saturated rings. The second-order valence-corrected chi connectivity index (χ2v) is 4.46. The topological polar surface area (TPSA) is 37.3 Å². The fourth-order valence-electron chi connectivity index (χ4n) is 1.14. The van der Waals surface area contributed by atoms with Gasteiger partial charge in [0.1, 0.15) is 0 Å². The molecule has 0 heterocycles. The van der Waals surface area contributed by atoms with Crippen LogP contribution in [0.1, 0.15) is 24.0 Å². The molecule has 0 bridgehead atoms. The van der Waals surface area contributed by atoms with Crippen molar-refractivity contribution < 1.29 is 9.90 Å². The van der Waals surface area contributed by atoms with E-state index in [-0.39, 0.29) is 0 Å². The number of hydrogen-bond acceptors (Lipinski definition) is 1. The van der Waals surface area contributed by atoms with Gasteiger partial charge in [0.15, 0.2) is 0 Å². The average Bonchev–Trinajstić information content (AvgIpc) is 2.16. The highest BCUT2D eigenvalue weighted by atomic mass is 79.9. The first kappa shape index (κ1) is 11.7. The summed E-state index contributed by atoms with van der Waals surface area (Å²) in [5.74, 6) is -1.29. The van der Waals surface area contributed by atoms with E-state index < -0.39 is 11.9 Å². The standard InChI is InChI=1S/C10H10Br2O2/c1-6(10(13)14)8-3-2-7(5-11)4-9(8)12/h2-4,6H,5H2,1H3,(H,13,14). The van der Waals surface area contributed by atoms with E-state index in [0.717, 1.165) is 20.9 Å². The zero-order valence-corrected chi connectivity index (χ0v) is 10.8. The molecule has 1 rings (SSSR count). The maximum atomic E-state index is 10.8. The third-order valence-electron chi connectivity index (χ3n) is 2.06. The lowest BCUT2D eigenvalue weighted by Gasteiger charge is -2.09. The fourth-order valence-corrected chi connectivity index (χ4v) is 2.26. The molecule has 1 aromatic carbocycles. The van der Waals surface area contributed by atoms with E-state index >= 15 is 0 Å². The van der Waals surface area contributed by atoms with E-state index in [1.165, 1.54) is 0 Å². The summed E-state index contributed by atoms with van der Waals surface area (Å²) in [6, 6.07) is 5.71. The Kier molecular flexibility index (Phi) is 4.13. The average molecular weight is 322 g/mol. The summed E-state index contributed by atoms with van der Waals surface area (Å²) in [7, 11) is 0. The van der Waals surface area contributed by atoms with Gasteiger partial charge in [-0.05, 0) is 24.1 Å². The molecular formula is C10H10Br2O2. The number of rotatable bonds is 3. The molecule has 1 unspecified atom stereocenters. The third-order valence-corrected chi connectivity index (χ3v) is 3.39. The third kappa shape index (κ3) is 2.58. The molecule has 0 saturated heterocycles. The second kappa shape index (κ2) is 4.94. The Morgan fingerprint density at radius 3 is 2.64 bits per heavy atom. The van der Waals surface area contributed by atoms with Gasteiger partial charge in [0, 0.05) is 9.80 Å². The van der Waals surface area contributed by atoms with Gasteiger partial charge < -0.3 is 5.11 Å². The highest BCUT2D eigenvalue weighted by molar-refractivity contribution is 9.10. The van der Waals surface area contributed by atoms with E-state index in [1.807, 2.05) is 18.2 Å². The minimum atomic E-state index is -0.808. The first-order chi connectivity index (χ1) is 6.56. The molecule has 1 atom stereocenters. The molecule has 1 N–H and O–H groups in total. The van der Waals surface area contributed by atoms with Crippen LogP contribution in [-0.4, -0.2) is 11.1 Å². The van der Waals surface area contributed by atoms with E-state index in [2.05, 4.69) is 31.9 Å². The molecule has 14 heavy (non-hydrogen) atoms. The number of halogens is 2. The van der Waals surface area contributed by atoms with Crippen molar-refractivity contribution in [3.8, 4) is 0 Å². The Bertz CT molecular complexity index is 350. The number of hydrogen-bond donors (Lipinski definition) is 1. The smallest absolute Gasteiger partial charge is 0.310 e. The largest absolute Gasteiger partial charge is 0.481 e. The van der Waals surface area contributed by atoms with Gasteiger partial charge in [-0.15, -0.1) is 0 Å². The van der Waals surface area contributed by atoms with Crippen LogP contribution in [0.4, 0.5) is 0 Å². The molecule has 0 amide bonds. The summed E-state index contributed by atoms with van der Waals surface area (Å²) in [5.41, 5.74) is 1.93. The minimum absolute atomic E-state index is 0.478.